The van der Waals surface area contributed by atoms with Gasteiger partial charge in [0.2, 0.25) is 5.91 Å². The van der Waals surface area contributed by atoms with E-state index in [9.17, 15) is 14.4 Å². The van der Waals surface area contributed by atoms with Crippen molar-refractivity contribution in [2.24, 2.45) is 0 Å². The molecule has 132 valence electrons. The summed E-state index contributed by atoms with van der Waals surface area (Å²) in [6.07, 6.45) is 0.373. The molecule has 4 rings (SSSR count). The van der Waals surface area contributed by atoms with Crippen LogP contribution in [0.3, 0.4) is 0 Å². The highest BCUT2D eigenvalue weighted by Gasteiger charge is 2.43. The molecule has 7 heteroatoms. The zero-order chi connectivity index (χ0) is 18.3. The van der Waals surface area contributed by atoms with Gasteiger partial charge in [0.15, 0.2) is 0 Å². The van der Waals surface area contributed by atoms with E-state index in [-0.39, 0.29) is 30.3 Å². The molecule has 1 fully saturated rings. The number of hydrogen-bond donors (Lipinski definition) is 2. The monoisotopic (exact) mass is 369 g/mol. The average Bonchev–Trinajstić information content (AvgIpc) is 3.02. The average molecular weight is 370 g/mol. The number of fused-ring (bicyclic) bond motifs is 2. The highest BCUT2D eigenvalue weighted by molar-refractivity contribution is 6.31. The second-order valence-corrected chi connectivity index (χ2v) is 6.86. The Morgan fingerprint density at radius 2 is 1.92 bits per heavy atom. The van der Waals surface area contributed by atoms with Crippen LogP contribution in [0.15, 0.2) is 48.5 Å². The standard InChI is InChI=1S/C19H16ClN3O3/c20-12-6-7-14-15(8-12)22-18(25)16-9-13(10-23(16)19(14)26)21-17(24)11-4-2-1-3-5-11/h1-8,13,16H,9-10H2,(H,21,24)(H,22,25)/t13-,16-/m0/s1. The zero-order valence-electron chi connectivity index (χ0n) is 13.7. The fourth-order valence-electron chi connectivity index (χ4n) is 3.45. The van der Waals surface area contributed by atoms with Crippen molar-refractivity contribution in [2.45, 2.75) is 18.5 Å². The first-order valence-electron chi connectivity index (χ1n) is 8.30. The van der Waals surface area contributed by atoms with Gasteiger partial charge in [-0.15, -0.1) is 0 Å². The van der Waals surface area contributed by atoms with Crippen LogP contribution in [-0.2, 0) is 4.79 Å². The minimum atomic E-state index is -0.616. The first-order valence-corrected chi connectivity index (χ1v) is 8.68. The third kappa shape index (κ3) is 2.93. The lowest BCUT2D eigenvalue weighted by Crippen LogP contribution is -2.41. The summed E-state index contributed by atoms with van der Waals surface area (Å²) in [7, 11) is 0. The van der Waals surface area contributed by atoms with E-state index in [1.807, 2.05) is 6.07 Å². The van der Waals surface area contributed by atoms with E-state index >= 15 is 0 Å². The number of halogens is 1. The number of hydrogen-bond acceptors (Lipinski definition) is 3. The van der Waals surface area contributed by atoms with Gasteiger partial charge in [0, 0.05) is 23.2 Å². The molecule has 0 radical (unpaired) electrons. The Hall–Kier alpha value is -2.86. The Bertz CT molecular complexity index is 900. The minimum Gasteiger partial charge on any atom is -0.347 e. The lowest BCUT2D eigenvalue weighted by atomic mass is 10.1. The van der Waals surface area contributed by atoms with Crippen molar-refractivity contribution < 1.29 is 14.4 Å². The highest BCUT2D eigenvalue weighted by Crippen LogP contribution is 2.30. The van der Waals surface area contributed by atoms with Gasteiger partial charge in [-0.3, -0.25) is 14.4 Å². The second-order valence-electron chi connectivity index (χ2n) is 6.42. The van der Waals surface area contributed by atoms with E-state index in [1.54, 1.807) is 42.5 Å². The maximum Gasteiger partial charge on any atom is 0.256 e. The Balaban J connectivity index is 1.55. The third-order valence-corrected chi connectivity index (χ3v) is 4.94. The molecule has 6 nitrogen and oxygen atoms in total. The van der Waals surface area contributed by atoms with Gasteiger partial charge in [-0.2, -0.15) is 0 Å². The van der Waals surface area contributed by atoms with Gasteiger partial charge in [-0.1, -0.05) is 29.8 Å². The fraction of sp³-hybridized carbons (Fsp3) is 0.211. The molecule has 26 heavy (non-hydrogen) atoms. The maximum absolute atomic E-state index is 12.9. The molecule has 2 aliphatic heterocycles. The van der Waals surface area contributed by atoms with Crippen LogP contribution < -0.4 is 10.6 Å². The molecule has 2 aromatic rings. The van der Waals surface area contributed by atoms with Gasteiger partial charge in [0.05, 0.1) is 11.3 Å². The predicted octanol–water partition coefficient (Wildman–Crippen LogP) is 2.31. The number of rotatable bonds is 2. The number of benzene rings is 2. The molecule has 3 amide bonds. The largest absolute Gasteiger partial charge is 0.347 e. The van der Waals surface area contributed by atoms with Crippen molar-refractivity contribution in [3.05, 3.63) is 64.7 Å². The Kier molecular flexibility index (Phi) is 4.12. The van der Waals surface area contributed by atoms with Gasteiger partial charge < -0.3 is 15.5 Å². The molecule has 0 saturated carbocycles. The summed E-state index contributed by atoms with van der Waals surface area (Å²) in [5, 5.41) is 6.14. The molecular formula is C19H16ClN3O3. The molecule has 0 bridgehead atoms. The van der Waals surface area contributed by atoms with Gasteiger partial charge >= 0.3 is 0 Å². The van der Waals surface area contributed by atoms with E-state index in [4.69, 9.17) is 11.6 Å². The minimum absolute atomic E-state index is 0.215. The highest BCUT2D eigenvalue weighted by atomic mass is 35.5. The Morgan fingerprint density at radius 3 is 2.69 bits per heavy atom. The summed E-state index contributed by atoms with van der Waals surface area (Å²) in [5.74, 6) is -0.722. The van der Waals surface area contributed by atoms with Crippen molar-refractivity contribution in [1.82, 2.24) is 10.2 Å². The van der Waals surface area contributed by atoms with E-state index in [0.29, 0.717) is 28.3 Å². The van der Waals surface area contributed by atoms with Crippen LogP contribution in [-0.4, -0.2) is 41.2 Å². The van der Waals surface area contributed by atoms with E-state index in [0.717, 1.165) is 0 Å². The van der Waals surface area contributed by atoms with Crippen LogP contribution in [0.4, 0.5) is 5.69 Å². The molecule has 2 heterocycles. The van der Waals surface area contributed by atoms with Crippen molar-refractivity contribution >= 4 is 35.0 Å². The second kappa shape index (κ2) is 6.46. The summed E-state index contributed by atoms with van der Waals surface area (Å²) in [6, 6.07) is 12.8. The smallest absolute Gasteiger partial charge is 0.256 e. The summed E-state index contributed by atoms with van der Waals surface area (Å²) in [4.78, 5) is 39.3. The molecule has 1 saturated heterocycles. The van der Waals surface area contributed by atoms with Crippen LogP contribution in [0.25, 0.3) is 0 Å². The van der Waals surface area contributed by atoms with Crippen molar-refractivity contribution in [2.75, 3.05) is 11.9 Å². The van der Waals surface area contributed by atoms with Crippen LogP contribution >= 0.6 is 11.6 Å². The van der Waals surface area contributed by atoms with E-state index in [1.165, 1.54) is 4.90 Å². The summed E-state index contributed by atoms with van der Waals surface area (Å²) < 4.78 is 0. The molecule has 0 spiro atoms. The quantitative estimate of drug-likeness (QED) is 0.852. The summed E-state index contributed by atoms with van der Waals surface area (Å²) >= 11 is 5.96. The lowest BCUT2D eigenvalue weighted by molar-refractivity contribution is -0.119. The molecule has 2 aliphatic rings. The van der Waals surface area contributed by atoms with E-state index < -0.39 is 6.04 Å². The van der Waals surface area contributed by atoms with Crippen LogP contribution in [0, 0.1) is 0 Å². The van der Waals surface area contributed by atoms with Crippen molar-refractivity contribution in [3.8, 4) is 0 Å². The Labute approximate surface area is 155 Å². The van der Waals surface area contributed by atoms with Crippen LogP contribution in [0.2, 0.25) is 5.02 Å². The van der Waals surface area contributed by atoms with Crippen LogP contribution in [0.1, 0.15) is 27.1 Å². The maximum atomic E-state index is 12.9. The zero-order valence-corrected chi connectivity index (χ0v) is 14.5. The normalized spacial score (nSPS) is 21.5. The van der Waals surface area contributed by atoms with Crippen molar-refractivity contribution in [1.29, 1.82) is 0 Å². The number of carbonyl (C=O) groups excluding carboxylic acids is 3. The lowest BCUT2D eigenvalue weighted by Gasteiger charge is -2.20. The first kappa shape index (κ1) is 16.6. The predicted molar refractivity (Wildman–Crippen MR) is 97.2 cm³/mol. The van der Waals surface area contributed by atoms with Gasteiger partial charge in [0.1, 0.15) is 6.04 Å². The molecule has 2 aromatic carbocycles. The van der Waals surface area contributed by atoms with E-state index in [2.05, 4.69) is 10.6 Å². The van der Waals surface area contributed by atoms with Gasteiger partial charge in [-0.25, -0.2) is 0 Å². The van der Waals surface area contributed by atoms with Crippen molar-refractivity contribution in [3.63, 3.8) is 0 Å². The third-order valence-electron chi connectivity index (χ3n) is 4.71. The summed E-state index contributed by atoms with van der Waals surface area (Å²) in [6.45, 7) is 0.289. The van der Waals surface area contributed by atoms with Gasteiger partial charge in [-0.05, 0) is 36.8 Å². The Morgan fingerprint density at radius 1 is 1.15 bits per heavy atom. The number of nitrogens with zero attached hydrogens (tertiary/aromatic N) is 1. The number of amides is 3. The van der Waals surface area contributed by atoms with Crippen LogP contribution in [0.5, 0.6) is 0 Å². The first-order chi connectivity index (χ1) is 12.5. The SMILES string of the molecule is O=C(N[C@H]1C[C@H]2C(=O)Nc3cc(Cl)ccc3C(=O)N2C1)c1ccccc1. The molecule has 0 aliphatic carbocycles. The topological polar surface area (TPSA) is 78.5 Å². The fourth-order valence-corrected chi connectivity index (χ4v) is 3.62. The molecule has 2 atom stereocenters. The molecule has 2 N–H and O–H groups in total. The summed E-state index contributed by atoms with van der Waals surface area (Å²) in [5.41, 5.74) is 1.37. The molecular weight excluding hydrogens is 354 g/mol. The number of nitrogens with one attached hydrogen (secondary N) is 2. The number of carbonyl (C=O) groups is 3. The number of anilines is 1. The molecule has 0 aromatic heterocycles. The van der Waals surface area contributed by atoms with Gasteiger partial charge in [0.25, 0.3) is 11.8 Å². The molecule has 0 unspecified atom stereocenters.